The Hall–Kier alpha value is -3.03. The first-order valence-corrected chi connectivity index (χ1v) is 10.8. The van der Waals surface area contributed by atoms with E-state index in [1.165, 1.54) is 19.3 Å². The van der Waals surface area contributed by atoms with E-state index in [2.05, 4.69) is 31.2 Å². The van der Waals surface area contributed by atoms with Gasteiger partial charge >= 0.3 is 6.03 Å². The van der Waals surface area contributed by atoms with Gasteiger partial charge < -0.3 is 24.8 Å². The molecule has 0 spiro atoms. The number of urea groups is 1. The molecule has 2 amide bonds. The number of nitrogens with one attached hydrogen (secondary N) is 1. The predicted molar refractivity (Wildman–Crippen MR) is 119 cm³/mol. The van der Waals surface area contributed by atoms with E-state index in [4.69, 9.17) is 4.74 Å². The van der Waals surface area contributed by atoms with Crippen LogP contribution in [0.15, 0.2) is 36.7 Å². The van der Waals surface area contributed by atoms with Gasteiger partial charge in [-0.15, -0.1) is 0 Å². The molecule has 2 aromatic rings. The minimum absolute atomic E-state index is 0.0736. The summed E-state index contributed by atoms with van der Waals surface area (Å²) < 4.78 is 5.44. The molecule has 8 nitrogen and oxygen atoms in total. The molecule has 0 radical (unpaired) electrons. The summed E-state index contributed by atoms with van der Waals surface area (Å²) in [7, 11) is 0. The Morgan fingerprint density at radius 1 is 0.933 bits per heavy atom. The molecule has 1 aromatic carbocycles. The molecule has 1 N–H and O–H groups in total. The molecule has 30 heavy (non-hydrogen) atoms. The van der Waals surface area contributed by atoms with Crippen LogP contribution in [0.3, 0.4) is 0 Å². The van der Waals surface area contributed by atoms with Crippen molar-refractivity contribution in [2.24, 2.45) is 0 Å². The summed E-state index contributed by atoms with van der Waals surface area (Å²) in [4.78, 5) is 28.0. The van der Waals surface area contributed by atoms with Gasteiger partial charge in [0.05, 0.1) is 6.61 Å². The fourth-order valence-electron chi connectivity index (χ4n) is 3.95. The highest BCUT2D eigenvalue weighted by atomic mass is 16.5. The van der Waals surface area contributed by atoms with Crippen molar-refractivity contribution in [1.29, 1.82) is 0 Å². The number of nitrogens with zero attached hydrogens (tertiary/aromatic N) is 5. The van der Waals surface area contributed by atoms with Gasteiger partial charge in [0.1, 0.15) is 23.7 Å². The molecular formula is C22H30N6O2. The molecule has 8 heteroatoms. The van der Waals surface area contributed by atoms with Crippen LogP contribution in [-0.4, -0.2) is 66.8 Å². The molecule has 0 unspecified atom stereocenters. The number of carbonyl (C=O) groups excluding carboxylic acids is 1. The Morgan fingerprint density at radius 2 is 1.57 bits per heavy atom. The smallest absolute Gasteiger partial charge is 0.321 e. The van der Waals surface area contributed by atoms with Gasteiger partial charge in [-0.05, 0) is 50.5 Å². The molecule has 2 aliphatic rings. The van der Waals surface area contributed by atoms with Crippen LogP contribution in [0.2, 0.25) is 0 Å². The van der Waals surface area contributed by atoms with E-state index in [9.17, 15) is 4.79 Å². The van der Waals surface area contributed by atoms with E-state index in [0.29, 0.717) is 19.7 Å². The van der Waals surface area contributed by atoms with Crippen molar-refractivity contribution in [3.63, 3.8) is 0 Å². The lowest BCUT2D eigenvalue weighted by Crippen LogP contribution is -2.50. The topological polar surface area (TPSA) is 73.8 Å². The standard InChI is InChI=1S/C22H30N6O2/c1-2-30-19-8-6-18(7-9-19)25-22(29)28-14-12-27(13-15-28)21-16-20(23-17-24-21)26-10-4-3-5-11-26/h6-9,16-17H,2-5,10-15H2,1H3,(H,25,29). The van der Waals surface area contributed by atoms with Crippen molar-refractivity contribution < 1.29 is 9.53 Å². The number of hydrogen-bond acceptors (Lipinski definition) is 6. The maximum absolute atomic E-state index is 12.6. The number of benzene rings is 1. The Labute approximate surface area is 177 Å². The average Bonchev–Trinajstić information content (AvgIpc) is 2.81. The minimum Gasteiger partial charge on any atom is -0.494 e. The molecule has 2 aliphatic heterocycles. The molecule has 160 valence electrons. The second kappa shape index (κ2) is 9.65. The van der Waals surface area contributed by atoms with Crippen molar-refractivity contribution in [2.45, 2.75) is 26.2 Å². The summed E-state index contributed by atoms with van der Waals surface area (Å²) in [5.41, 5.74) is 0.771. The van der Waals surface area contributed by atoms with Gasteiger partial charge in [-0.25, -0.2) is 14.8 Å². The lowest BCUT2D eigenvalue weighted by molar-refractivity contribution is 0.208. The molecule has 0 saturated carbocycles. The molecule has 2 fully saturated rings. The Kier molecular flexibility index (Phi) is 6.51. The van der Waals surface area contributed by atoms with E-state index < -0.39 is 0 Å². The predicted octanol–water partition coefficient (Wildman–Crippen LogP) is 3.22. The largest absolute Gasteiger partial charge is 0.494 e. The molecule has 0 aliphatic carbocycles. The number of aromatic nitrogens is 2. The number of hydrogen-bond donors (Lipinski definition) is 1. The average molecular weight is 411 g/mol. The third kappa shape index (κ3) is 4.93. The summed E-state index contributed by atoms with van der Waals surface area (Å²) in [6.45, 7) is 7.54. The van der Waals surface area contributed by atoms with Crippen molar-refractivity contribution >= 4 is 23.4 Å². The van der Waals surface area contributed by atoms with Crippen LogP contribution >= 0.6 is 0 Å². The van der Waals surface area contributed by atoms with E-state index in [1.54, 1.807) is 6.33 Å². The maximum atomic E-state index is 12.6. The lowest BCUT2D eigenvalue weighted by Gasteiger charge is -2.36. The summed E-state index contributed by atoms with van der Waals surface area (Å²) in [6.07, 6.45) is 5.41. The van der Waals surface area contributed by atoms with Gasteiger partial charge in [0.15, 0.2) is 0 Å². The molecule has 3 heterocycles. The van der Waals surface area contributed by atoms with E-state index in [0.717, 1.165) is 49.3 Å². The quantitative estimate of drug-likeness (QED) is 0.816. The monoisotopic (exact) mass is 410 g/mol. The summed E-state index contributed by atoms with van der Waals surface area (Å²) in [5, 5.41) is 2.97. The van der Waals surface area contributed by atoms with Gasteiger partial charge in [-0.1, -0.05) is 0 Å². The first-order valence-electron chi connectivity index (χ1n) is 10.8. The van der Waals surface area contributed by atoms with Gasteiger partial charge in [0.25, 0.3) is 0 Å². The summed E-state index contributed by atoms with van der Waals surface area (Å²) in [5.74, 6) is 2.76. The van der Waals surface area contributed by atoms with Crippen LogP contribution in [0.25, 0.3) is 0 Å². The van der Waals surface area contributed by atoms with Gasteiger partial charge in [0, 0.05) is 51.0 Å². The van der Waals surface area contributed by atoms with Gasteiger partial charge in [-0.2, -0.15) is 0 Å². The number of carbonyl (C=O) groups is 1. The Bertz CT molecular complexity index is 830. The highest BCUT2D eigenvalue weighted by Gasteiger charge is 2.23. The molecule has 0 atom stereocenters. The van der Waals surface area contributed by atoms with Crippen molar-refractivity contribution in [3.8, 4) is 5.75 Å². The first-order chi connectivity index (χ1) is 14.7. The molecule has 1 aromatic heterocycles. The molecule has 0 bridgehead atoms. The van der Waals surface area contributed by atoms with Crippen LogP contribution < -0.4 is 19.9 Å². The van der Waals surface area contributed by atoms with E-state index >= 15 is 0 Å². The summed E-state index contributed by atoms with van der Waals surface area (Å²) in [6, 6.07) is 9.47. The minimum atomic E-state index is -0.0736. The van der Waals surface area contributed by atoms with E-state index in [-0.39, 0.29) is 6.03 Å². The molecule has 4 rings (SSSR count). The number of anilines is 3. The third-order valence-corrected chi connectivity index (χ3v) is 5.63. The fourth-order valence-corrected chi connectivity index (χ4v) is 3.95. The highest BCUT2D eigenvalue weighted by molar-refractivity contribution is 5.89. The maximum Gasteiger partial charge on any atom is 0.321 e. The Morgan fingerprint density at radius 3 is 2.20 bits per heavy atom. The van der Waals surface area contributed by atoms with Crippen molar-refractivity contribution in [2.75, 3.05) is 61.0 Å². The number of piperidine rings is 1. The number of ether oxygens (including phenoxy) is 1. The third-order valence-electron chi connectivity index (χ3n) is 5.63. The fraction of sp³-hybridized carbons (Fsp3) is 0.500. The van der Waals surface area contributed by atoms with Crippen LogP contribution in [0.4, 0.5) is 22.1 Å². The zero-order chi connectivity index (χ0) is 20.8. The van der Waals surface area contributed by atoms with E-state index in [1.807, 2.05) is 36.1 Å². The normalized spacial score (nSPS) is 17.0. The van der Waals surface area contributed by atoms with Crippen molar-refractivity contribution in [1.82, 2.24) is 14.9 Å². The second-order valence-electron chi connectivity index (χ2n) is 7.64. The number of rotatable bonds is 5. The molecule has 2 saturated heterocycles. The number of amides is 2. The number of piperazine rings is 1. The highest BCUT2D eigenvalue weighted by Crippen LogP contribution is 2.22. The zero-order valence-electron chi connectivity index (χ0n) is 17.6. The van der Waals surface area contributed by atoms with Crippen molar-refractivity contribution in [3.05, 3.63) is 36.7 Å². The van der Waals surface area contributed by atoms with Crippen LogP contribution in [0.5, 0.6) is 5.75 Å². The first kappa shape index (κ1) is 20.3. The van der Waals surface area contributed by atoms with Gasteiger partial charge in [0.2, 0.25) is 0 Å². The van der Waals surface area contributed by atoms with Crippen LogP contribution in [-0.2, 0) is 0 Å². The molecular weight excluding hydrogens is 380 g/mol. The SMILES string of the molecule is CCOc1ccc(NC(=O)N2CCN(c3cc(N4CCCCC4)ncn3)CC2)cc1. The lowest BCUT2D eigenvalue weighted by atomic mass is 10.1. The van der Waals surface area contributed by atoms with Crippen LogP contribution in [0.1, 0.15) is 26.2 Å². The second-order valence-corrected chi connectivity index (χ2v) is 7.64. The van der Waals surface area contributed by atoms with Crippen LogP contribution in [0, 0.1) is 0 Å². The Balaban J connectivity index is 1.30. The van der Waals surface area contributed by atoms with Gasteiger partial charge in [-0.3, -0.25) is 0 Å². The zero-order valence-corrected chi connectivity index (χ0v) is 17.6. The summed E-state index contributed by atoms with van der Waals surface area (Å²) >= 11 is 0.